The van der Waals surface area contributed by atoms with Crippen LogP contribution in [0.5, 0.6) is 0 Å². The zero-order chi connectivity index (χ0) is 21.5. The second-order valence-corrected chi connectivity index (χ2v) is 6.78. The van der Waals surface area contributed by atoms with Crippen LogP contribution in [0.15, 0.2) is 24.3 Å². The molecule has 1 amide bonds. The van der Waals surface area contributed by atoms with Gasteiger partial charge in [-0.05, 0) is 29.5 Å². The van der Waals surface area contributed by atoms with E-state index in [0.717, 1.165) is 5.56 Å². The number of hydrogen-bond acceptors (Lipinski definition) is 9. The number of amides is 1. The molecule has 3 rings (SSSR count). The third-order valence-corrected chi connectivity index (χ3v) is 4.45. The number of esters is 1. The number of carbonyl (C=O) groups is 2. The fourth-order valence-electron chi connectivity index (χ4n) is 3.00. The van der Waals surface area contributed by atoms with Gasteiger partial charge < -0.3 is 19.7 Å². The van der Waals surface area contributed by atoms with Crippen molar-refractivity contribution in [2.45, 2.75) is 26.4 Å². The third-order valence-electron chi connectivity index (χ3n) is 4.45. The molecule has 0 saturated carbocycles. The minimum atomic E-state index is -0.456. The summed E-state index contributed by atoms with van der Waals surface area (Å²) in [6.45, 7) is 5.56. The number of amidine groups is 1. The number of carbonyl (C=O) groups excluding carboxylic acids is 2. The minimum absolute atomic E-state index is 0.152. The van der Waals surface area contributed by atoms with Crippen LogP contribution in [0.1, 0.15) is 35.5 Å². The second-order valence-electron chi connectivity index (χ2n) is 6.78. The predicted molar refractivity (Wildman–Crippen MR) is 106 cm³/mol. The van der Waals surface area contributed by atoms with E-state index >= 15 is 0 Å². The molecule has 2 N–H and O–H groups in total. The summed E-state index contributed by atoms with van der Waals surface area (Å²) in [7, 11) is 0. The molecule has 0 spiro atoms. The molecule has 11 nitrogen and oxygen atoms in total. The molecule has 0 bridgehead atoms. The van der Waals surface area contributed by atoms with Crippen LogP contribution < -0.4 is 5.32 Å². The number of rotatable bonds is 6. The maximum atomic E-state index is 12.6. The van der Waals surface area contributed by atoms with Crippen LogP contribution in [0.3, 0.4) is 0 Å². The minimum Gasteiger partial charge on any atom is -0.462 e. The summed E-state index contributed by atoms with van der Waals surface area (Å²) in [6.07, 6.45) is -0.227. The highest BCUT2D eigenvalue weighted by molar-refractivity contribution is 6.05. The van der Waals surface area contributed by atoms with Gasteiger partial charge in [0.1, 0.15) is 17.6 Å². The fourth-order valence-corrected chi connectivity index (χ4v) is 3.00. The highest BCUT2D eigenvalue weighted by atomic mass is 16.5. The molecular weight excluding hydrogens is 390 g/mol. The first-order valence-electron chi connectivity index (χ1n) is 9.49. The molecule has 1 aliphatic rings. The number of nitrogens with zero attached hydrogens (tertiary/aromatic N) is 5. The molecular formula is C19H23N7O4. The monoisotopic (exact) mass is 413 g/mol. The Bertz CT molecular complexity index is 913. The van der Waals surface area contributed by atoms with Gasteiger partial charge in [0.05, 0.1) is 13.2 Å². The Labute approximate surface area is 173 Å². The number of anilines is 1. The Morgan fingerprint density at radius 2 is 1.80 bits per heavy atom. The van der Waals surface area contributed by atoms with Gasteiger partial charge in [0.25, 0.3) is 5.91 Å². The van der Waals surface area contributed by atoms with E-state index in [1.807, 2.05) is 4.90 Å². The van der Waals surface area contributed by atoms with Crippen molar-refractivity contribution in [3.05, 3.63) is 41.1 Å². The van der Waals surface area contributed by atoms with Gasteiger partial charge in [-0.15, -0.1) is 10.2 Å². The van der Waals surface area contributed by atoms with Gasteiger partial charge in [0.15, 0.2) is 5.82 Å². The van der Waals surface area contributed by atoms with E-state index in [1.54, 1.807) is 31.2 Å². The lowest BCUT2D eigenvalue weighted by Crippen LogP contribution is -2.40. The van der Waals surface area contributed by atoms with E-state index in [-0.39, 0.29) is 12.2 Å². The lowest BCUT2D eigenvalue weighted by atomic mass is 10.1. The van der Waals surface area contributed by atoms with Crippen LogP contribution in [0.4, 0.5) is 5.82 Å². The number of ether oxygens (including phenoxy) is 2. The van der Waals surface area contributed by atoms with Gasteiger partial charge in [0.2, 0.25) is 0 Å². The molecule has 0 aliphatic carbocycles. The summed E-state index contributed by atoms with van der Waals surface area (Å²) in [5.74, 6) is -0.260. The van der Waals surface area contributed by atoms with E-state index in [4.69, 9.17) is 14.9 Å². The quantitative estimate of drug-likeness (QED) is 0.397. The summed E-state index contributed by atoms with van der Waals surface area (Å²) in [5.41, 5.74) is 1.47. The van der Waals surface area contributed by atoms with Gasteiger partial charge in [-0.2, -0.15) is 0 Å². The maximum Gasteiger partial charge on any atom is 0.302 e. The summed E-state index contributed by atoms with van der Waals surface area (Å²) in [5, 5.41) is 25.7. The van der Waals surface area contributed by atoms with Crippen molar-refractivity contribution < 1.29 is 19.1 Å². The summed E-state index contributed by atoms with van der Waals surface area (Å²) in [4.78, 5) is 25.6. The van der Waals surface area contributed by atoms with Gasteiger partial charge in [-0.1, -0.05) is 12.1 Å². The van der Waals surface area contributed by atoms with Crippen molar-refractivity contribution in [2.75, 3.05) is 31.6 Å². The first kappa shape index (κ1) is 21.2. The van der Waals surface area contributed by atoms with Crippen molar-refractivity contribution in [3.63, 3.8) is 0 Å². The van der Waals surface area contributed by atoms with Crippen molar-refractivity contribution in [2.24, 2.45) is 0 Å². The topological polar surface area (TPSA) is 143 Å². The molecule has 11 heteroatoms. The average molecular weight is 413 g/mol. The molecule has 1 aromatic heterocycles. The Hall–Kier alpha value is -3.47. The van der Waals surface area contributed by atoms with E-state index in [9.17, 15) is 9.59 Å². The Morgan fingerprint density at radius 1 is 1.17 bits per heavy atom. The number of hydrogen-bond donors (Lipinski definition) is 2. The van der Waals surface area contributed by atoms with Crippen LogP contribution >= 0.6 is 0 Å². The number of morpholine rings is 1. The van der Waals surface area contributed by atoms with Gasteiger partial charge in [-0.25, -0.2) is 0 Å². The maximum absolute atomic E-state index is 12.6. The fraction of sp³-hybridized carbons (Fsp3) is 0.421. The smallest absolute Gasteiger partial charge is 0.302 e. The van der Waals surface area contributed by atoms with Crippen molar-refractivity contribution in [3.8, 4) is 0 Å². The van der Waals surface area contributed by atoms with E-state index in [2.05, 4.69) is 25.9 Å². The summed E-state index contributed by atoms with van der Waals surface area (Å²) < 4.78 is 10.4. The van der Waals surface area contributed by atoms with Gasteiger partial charge in [0, 0.05) is 37.6 Å². The normalized spacial score (nSPS) is 14.7. The van der Waals surface area contributed by atoms with Gasteiger partial charge >= 0.3 is 5.97 Å². The van der Waals surface area contributed by atoms with E-state index in [0.29, 0.717) is 43.4 Å². The summed E-state index contributed by atoms with van der Waals surface area (Å²) in [6, 6.07) is 6.74. The van der Waals surface area contributed by atoms with E-state index < -0.39 is 18.0 Å². The van der Waals surface area contributed by atoms with Crippen LogP contribution in [-0.2, 0) is 20.7 Å². The molecule has 30 heavy (non-hydrogen) atoms. The standard InChI is InChI=1S/C19H23N7O4/c1-12(30-13(2)27)11-16-18(23-25-24-22-16)21-19(28)15-5-3-14(4-6-15)17(20)26-7-9-29-10-8-26/h3-6,12,20H,7-11H2,1-2H3,(H,21,23,24,28). The molecule has 158 valence electrons. The van der Waals surface area contributed by atoms with Crippen LogP contribution in [0.25, 0.3) is 0 Å². The predicted octanol–water partition coefficient (Wildman–Crippen LogP) is 0.671. The zero-order valence-electron chi connectivity index (χ0n) is 16.8. The molecule has 1 saturated heterocycles. The Morgan fingerprint density at radius 3 is 2.47 bits per heavy atom. The van der Waals surface area contributed by atoms with Crippen molar-refractivity contribution in [1.82, 2.24) is 25.5 Å². The highest BCUT2D eigenvalue weighted by Gasteiger charge is 2.18. The molecule has 1 unspecified atom stereocenters. The number of benzene rings is 1. The molecule has 0 radical (unpaired) electrons. The van der Waals surface area contributed by atoms with Crippen LogP contribution in [-0.4, -0.2) is 75.6 Å². The Kier molecular flexibility index (Phi) is 6.96. The Balaban J connectivity index is 1.66. The molecule has 1 aromatic carbocycles. The molecule has 1 fully saturated rings. The summed E-state index contributed by atoms with van der Waals surface area (Å²) >= 11 is 0. The van der Waals surface area contributed by atoms with E-state index in [1.165, 1.54) is 6.92 Å². The SMILES string of the molecule is CC(=O)OC(C)Cc1nnnnc1NC(=O)c1ccc(C(=N)N2CCOCC2)cc1. The third kappa shape index (κ3) is 5.54. The molecule has 1 atom stereocenters. The van der Waals surface area contributed by atoms with Crippen molar-refractivity contribution >= 4 is 23.5 Å². The second kappa shape index (κ2) is 9.83. The lowest BCUT2D eigenvalue weighted by Gasteiger charge is -2.29. The first-order chi connectivity index (χ1) is 14.4. The van der Waals surface area contributed by atoms with Crippen LogP contribution in [0.2, 0.25) is 0 Å². The van der Waals surface area contributed by atoms with Crippen molar-refractivity contribution in [1.29, 1.82) is 5.41 Å². The number of nitrogens with one attached hydrogen (secondary N) is 2. The first-order valence-corrected chi connectivity index (χ1v) is 9.49. The molecule has 2 aromatic rings. The molecule has 1 aliphatic heterocycles. The molecule has 2 heterocycles. The van der Waals surface area contributed by atoms with Gasteiger partial charge in [-0.3, -0.25) is 15.0 Å². The zero-order valence-corrected chi connectivity index (χ0v) is 16.8. The largest absolute Gasteiger partial charge is 0.462 e. The number of aromatic nitrogens is 4. The highest BCUT2D eigenvalue weighted by Crippen LogP contribution is 2.14. The van der Waals surface area contributed by atoms with Crippen LogP contribution in [0, 0.1) is 5.41 Å². The lowest BCUT2D eigenvalue weighted by molar-refractivity contribution is -0.145. The average Bonchev–Trinajstić information content (AvgIpc) is 2.74.